The van der Waals surface area contributed by atoms with Gasteiger partial charge in [-0.3, -0.25) is 0 Å². The maximum Gasteiger partial charge on any atom is 0.0916 e. The van der Waals surface area contributed by atoms with Gasteiger partial charge in [-0.2, -0.15) is 0 Å². The summed E-state index contributed by atoms with van der Waals surface area (Å²) in [7, 11) is 5.02. The van der Waals surface area contributed by atoms with Crippen LogP contribution in [-0.4, -0.2) is 30.7 Å². The molecule has 0 amide bonds. The highest BCUT2D eigenvalue weighted by molar-refractivity contribution is 4.79. The van der Waals surface area contributed by atoms with Gasteiger partial charge in [-0.05, 0) is 51.4 Å². The van der Waals surface area contributed by atoms with Gasteiger partial charge in [0.1, 0.15) is 0 Å². The van der Waals surface area contributed by atoms with E-state index in [1.165, 1.54) is 55.8 Å². The summed E-state index contributed by atoms with van der Waals surface area (Å²) in [5, 5.41) is 0. The third kappa shape index (κ3) is 2.08. The van der Waals surface area contributed by atoms with Crippen LogP contribution in [0.15, 0.2) is 0 Å². The quantitative estimate of drug-likeness (QED) is 0.580. The summed E-state index contributed by atoms with van der Waals surface area (Å²) < 4.78 is 1.33. The van der Waals surface area contributed by atoms with E-state index in [4.69, 9.17) is 0 Å². The van der Waals surface area contributed by atoms with Crippen molar-refractivity contribution in [2.45, 2.75) is 70.4 Å². The molecule has 0 aromatic heterocycles. The van der Waals surface area contributed by atoms with Crippen LogP contribution in [0.1, 0.15) is 58.3 Å². The summed E-state index contributed by atoms with van der Waals surface area (Å²) in [5.41, 5.74) is 0. The molecule has 1 heteroatoms. The van der Waals surface area contributed by atoms with Crippen molar-refractivity contribution in [3.8, 4) is 0 Å². The van der Waals surface area contributed by atoms with Gasteiger partial charge in [0, 0.05) is 5.92 Å². The largest absolute Gasteiger partial charge is 0.323 e. The third-order valence-electron chi connectivity index (χ3n) is 5.26. The summed E-state index contributed by atoms with van der Waals surface area (Å²) in [4.78, 5) is 0. The van der Waals surface area contributed by atoms with Gasteiger partial charge in [0.2, 0.25) is 0 Å². The molecule has 0 aromatic rings. The molecule has 0 saturated carbocycles. The summed E-state index contributed by atoms with van der Waals surface area (Å²) in [5.74, 6) is 1.00. The fourth-order valence-corrected chi connectivity index (χ4v) is 4.21. The standard InChI is InChI=1S/C14H28N/c1-4-12-8-7-10-13-9-5-6-11-14(12)15(13,2)3/h12-14H,4-11H2,1-3H3/q+1/t12-,13-,14-/m0/s1. The summed E-state index contributed by atoms with van der Waals surface area (Å²) in [6, 6.07) is 1.93. The molecule has 2 aliphatic heterocycles. The molecule has 0 N–H and O–H groups in total. The lowest BCUT2D eigenvalue weighted by molar-refractivity contribution is -0.940. The van der Waals surface area contributed by atoms with E-state index in [9.17, 15) is 0 Å². The second kappa shape index (κ2) is 4.45. The number of fused-ring (bicyclic) bond motifs is 2. The molecule has 0 radical (unpaired) electrons. The number of hydrogen-bond acceptors (Lipinski definition) is 0. The highest BCUT2D eigenvalue weighted by Crippen LogP contribution is 2.39. The van der Waals surface area contributed by atoms with Gasteiger partial charge in [-0.25, -0.2) is 0 Å². The van der Waals surface area contributed by atoms with Crippen molar-refractivity contribution in [2.75, 3.05) is 14.1 Å². The van der Waals surface area contributed by atoms with E-state index in [0.717, 1.165) is 18.0 Å². The maximum atomic E-state index is 2.51. The van der Waals surface area contributed by atoms with Crippen LogP contribution in [0.2, 0.25) is 0 Å². The first kappa shape index (κ1) is 11.4. The van der Waals surface area contributed by atoms with Crippen molar-refractivity contribution < 1.29 is 4.48 Å². The Hall–Kier alpha value is -0.0400. The second-order valence-corrected chi connectivity index (χ2v) is 6.23. The van der Waals surface area contributed by atoms with Gasteiger partial charge < -0.3 is 4.48 Å². The van der Waals surface area contributed by atoms with E-state index in [2.05, 4.69) is 21.0 Å². The Bertz CT molecular complexity index is 209. The van der Waals surface area contributed by atoms with Crippen molar-refractivity contribution in [3.05, 3.63) is 0 Å². The fourth-order valence-electron chi connectivity index (χ4n) is 4.21. The molecule has 88 valence electrons. The average molecular weight is 210 g/mol. The molecular formula is C14H28N+. The molecule has 2 fully saturated rings. The number of hydrogen-bond donors (Lipinski definition) is 0. The molecule has 3 atom stereocenters. The Labute approximate surface area is 95.4 Å². The highest BCUT2D eigenvalue weighted by Gasteiger charge is 2.43. The fraction of sp³-hybridized carbons (Fsp3) is 1.00. The lowest BCUT2D eigenvalue weighted by Gasteiger charge is -2.44. The lowest BCUT2D eigenvalue weighted by atomic mass is 9.88. The van der Waals surface area contributed by atoms with Crippen molar-refractivity contribution in [3.63, 3.8) is 0 Å². The van der Waals surface area contributed by atoms with Gasteiger partial charge >= 0.3 is 0 Å². The molecule has 0 spiro atoms. The van der Waals surface area contributed by atoms with Gasteiger partial charge in [0.25, 0.3) is 0 Å². The smallest absolute Gasteiger partial charge is 0.0916 e. The Morgan fingerprint density at radius 2 is 1.60 bits per heavy atom. The van der Waals surface area contributed by atoms with Crippen molar-refractivity contribution >= 4 is 0 Å². The Morgan fingerprint density at radius 3 is 2.33 bits per heavy atom. The minimum atomic E-state index is 0.963. The molecule has 2 saturated heterocycles. The summed E-state index contributed by atoms with van der Waals surface area (Å²) in [6.45, 7) is 2.40. The topological polar surface area (TPSA) is 0 Å². The predicted octanol–water partition coefficient (Wildman–Crippen LogP) is 3.58. The van der Waals surface area contributed by atoms with Crippen LogP contribution >= 0.6 is 0 Å². The highest BCUT2D eigenvalue weighted by atomic mass is 15.4. The summed E-state index contributed by atoms with van der Waals surface area (Å²) >= 11 is 0. The average Bonchev–Trinajstić information content (AvgIpc) is 2.43. The number of nitrogens with zero attached hydrogens (tertiary/aromatic N) is 1. The van der Waals surface area contributed by atoms with Crippen LogP contribution in [-0.2, 0) is 0 Å². The lowest BCUT2D eigenvalue weighted by Crippen LogP contribution is -2.56. The van der Waals surface area contributed by atoms with E-state index in [0.29, 0.717) is 0 Å². The summed E-state index contributed by atoms with van der Waals surface area (Å²) in [6.07, 6.45) is 11.8. The van der Waals surface area contributed by atoms with Crippen LogP contribution < -0.4 is 0 Å². The molecule has 0 aliphatic carbocycles. The third-order valence-corrected chi connectivity index (χ3v) is 5.26. The first-order valence-electron chi connectivity index (χ1n) is 6.99. The molecule has 15 heavy (non-hydrogen) atoms. The predicted molar refractivity (Wildman–Crippen MR) is 65.8 cm³/mol. The molecule has 1 nitrogen and oxygen atoms in total. The second-order valence-electron chi connectivity index (χ2n) is 6.23. The Morgan fingerprint density at radius 1 is 0.933 bits per heavy atom. The van der Waals surface area contributed by atoms with Crippen molar-refractivity contribution in [1.29, 1.82) is 0 Å². The van der Waals surface area contributed by atoms with Crippen LogP contribution in [0.25, 0.3) is 0 Å². The maximum absolute atomic E-state index is 2.51. The molecule has 2 rings (SSSR count). The molecule has 2 aliphatic rings. The van der Waals surface area contributed by atoms with Crippen LogP contribution in [0.4, 0.5) is 0 Å². The van der Waals surface area contributed by atoms with Gasteiger partial charge in [0.05, 0.1) is 26.2 Å². The van der Waals surface area contributed by atoms with E-state index in [1.807, 2.05) is 0 Å². The van der Waals surface area contributed by atoms with Gasteiger partial charge in [0.15, 0.2) is 0 Å². The SMILES string of the molecule is CC[C@H]1CCC[C@@H]2CCCC[C@@H]1[N+]2(C)C. The molecule has 2 heterocycles. The van der Waals surface area contributed by atoms with Crippen LogP contribution in [0.3, 0.4) is 0 Å². The Kier molecular flexibility index (Phi) is 3.39. The first-order valence-corrected chi connectivity index (χ1v) is 6.99. The molecule has 2 bridgehead atoms. The number of quaternary nitrogens is 1. The normalized spacial score (nSPS) is 40.6. The van der Waals surface area contributed by atoms with E-state index in [-0.39, 0.29) is 0 Å². The zero-order valence-electron chi connectivity index (χ0n) is 10.8. The molecule has 0 unspecified atom stereocenters. The first-order chi connectivity index (χ1) is 7.16. The van der Waals surface area contributed by atoms with Crippen molar-refractivity contribution in [1.82, 2.24) is 0 Å². The zero-order valence-corrected chi connectivity index (χ0v) is 10.8. The monoisotopic (exact) mass is 210 g/mol. The minimum Gasteiger partial charge on any atom is -0.323 e. The van der Waals surface area contributed by atoms with Gasteiger partial charge in [-0.15, -0.1) is 0 Å². The molecule has 0 aromatic carbocycles. The van der Waals surface area contributed by atoms with Crippen molar-refractivity contribution in [2.24, 2.45) is 5.92 Å². The van der Waals surface area contributed by atoms with Crippen LogP contribution in [0, 0.1) is 5.92 Å². The zero-order chi connectivity index (χ0) is 10.9. The van der Waals surface area contributed by atoms with E-state index >= 15 is 0 Å². The Balaban J connectivity index is 2.24. The van der Waals surface area contributed by atoms with E-state index < -0.39 is 0 Å². The number of rotatable bonds is 1. The van der Waals surface area contributed by atoms with Crippen LogP contribution in [0.5, 0.6) is 0 Å². The van der Waals surface area contributed by atoms with E-state index in [1.54, 1.807) is 0 Å². The van der Waals surface area contributed by atoms with Gasteiger partial charge in [-0.1, -0.05) is 6.92 Å². The molecular weight excluding hydrogens is 182 g/mol. The minimum absolute atomic E-state index is 0.963.